The number of hydrogen-bond acceptors (Lipinski definition) is 4. The molecular weight excluding hydrogens is 286 g/mol. The largest absolute Gasteiger partial charge is 0.478 e. The molecular formula is C16H13NO5. The second-order valence-electron chi connectivity index (χ2n) is 4.35. The average molecular weight is 299 g/mol. The molecule has 2 N–H and O–H groups in total. The fourth-order valence-electron chi connectivity index (χ4n) is 1.94. The van der Waals surface area contributed by atoms with Gasteiger partial charge in [0.2, 0.25) is 0 Å². The lowest BCUT2D eigenvalue weighted by molar-refractivity contribution is 0.0584. The van der Waals surface area contributed by atoms with Crippen molar-refractivity contribution in [3.05, 3.63) is 65.2 Å². The molecule has 6 heteroatoms. The van der Waals surface area contributed by atoms with Crippen LogP contribution in [0.15, 0.2) is 48.5 Å². The van der Waals surface area contributed by atoms with Crippen LogP contribution in [0.3, 0.4) is 0 Å². The molecule has 0 aliphatic heterocycles. The molecule has 0 aliphatic carbocycles. The summed E-state index contributed by atoms with van der Waals surface area (Å²) in [5, 5.41) is 11.7. The lowest BCUT2D eigenvalue weighted by Crippen LogP contribution is -2.18. The SMILES string of the molecule is COC(=O)c1c(NC(=O)c2ccccc2)cccc1C(=O)O. The molecule has 0 fully saturated rings. The number of ether oxygens (including phenoxy) is 1. The lowest BCUT2D eigenvalue weighted by atomic mass is 10.0. The van der Waals surface area contributed by atoms with Crippen LogP contribution in [0.4, 0.5) is 5.69 Å². The van der Waals surface area contributed by atoms with Gasteiger partial charge >= 0.3 is 11.9 Å². The Kier molecular flexibility index (Phi) is 4.53. The Bertz CT molecular complexity index is 725. The number of esters is 1. The predicted octanol–water partition coefficient (Wildman–Crippen LogP) is 2.42. The maximum atomic E-state index is 12.1. The maximum absolute atomic E-state index is 12.1. The Hall–Kier alpha value is -3.15. The molecule has 6 nitrogen and oxygen atoms in total. The highest BCUT2D eigenvalue weighted by molar-refractivity contribution is 6.11. The molecule has 0 unspecified atom stereocenters. The Morgan fingerprint density at radius 2 is 1.68 bits per heavy atom. The highest BCUT2D eigenvalue weighted by Gasteiger charge is 2.22. The van der Waals surface area contributed by atoms with Crippen LogP contribution in [0.25, 0.3) is 0 Å². The highest BCUT2D eigenvalue weighted by Crippen LogP contribution is 2.22. The summed E-state index contributed by atoms with van der Waals surface area (Å²) in [5.41, 5.74) is 0.0409. The number of anilines is 1. The molecule has 2 aromatic rings. The van der Waals surface area contributed by atoms with Crippen molar-refractivity contribution in [3.8, 4) is 0 Å². The van der Waals surface area contributed by atoms with Gasteiger partial charge in [0.1, 0.15) is 0 Å². The van der Waals surface area contributed by atoms with Crippen molar-refractivity contribution in [2.24, 2.45) is 0 Å². The normalized spacial score (nSPS) is 9.86. The van der Waals surface area contributed by atoms with Gasteiger partial charge in [0, 0.05) is 5.56 Å². The number of rotatable bonds is 4. The molecule has 0 atom stereocenters. The lowest BCUT2D eigenvalue weighted by Gasteiger charge is -2.12. The molecule has 1 amide bonds. The third-order valence-electron chi connectivity index (χ3n) is 2.97. The quantitative estimate of drug-likeness (QED) is 0.846. The molecule has 0 saturated carbocycles. The summed E-state index contributed by atoms with van der Waals surface area (Å²) in [4.78, 5) is 35.2. The summed E-state index contributed by atoms with van der Waals surface area (Å²) in [6.07, 6.45) is 0. The number of benzene rings is 2. The van der Waals surface area contributed by atoms with Crippen LogP contribution in [0.2, 0.25) is 0 Å². The van der Waals surface area contributed by atoms with Gasteiger partial charge in [-0.1, -0.05) is 24.3 Å². The highest BCUT2D eigenvalue weighted by atomic mass is 16.5. The van der Waals surface area contributed by atoms with Crippen molar-refractivity contribution in [1.29, 1.82) is 0 Å². The van der Waals surface area contributed by atoms with Gasteiger partial charge in [0.15, 0.2) is 0 Å². The fraction of sp³-hybridized carbons (Fsp3) is 0.0625. The van der Waals surface area contributed by atoms with Crippen LogP contribution in [-0.4, -0.2) is 30.1 Å². The molecule has 0 radical (unpaired) electrons. The van der Waals surface area contributed by atoms with Gasteiger partial charge in [0.25, 0.3) is 5.91 Å². The standard InChI is InChI=1S/C16H13NO5/c1-22-16(21)13-11(15(19)20)8-5-9-12(13)17-14(18)10-6-3-2-4-7-10/h2-9H,1H3,(H,17,18)(H,19,20). The predicted molar refractivity (Wildman–Crippen MR) is 79.1 cm³/mol. The van der Waals surface area contributed by atoms with Crippen molar-refractivity contribution in [2.75, 3.05) is 12.4 Å². The smallest absolute Gasteiger partial charge is 0.340 e. The average Bonchev–Trinajstić information content (AvgIpc) is 2.54. The zero-order valence-corrected chi connectivity index (χ0v) is 11.7. The number of hydrogen-bond donors (Lipinski definition) is 2. The summed E-state index contributed by atoms with van der Waals surface area (Å²) in [5.74, 6) is -2.56. The van der Waals surface area contributed by atoms with Crippen molar-refractivity contribution >= 4 is 23.5 Å². The molecule has 112 valence electrons. The van der Waals surface area contributed by atoms with Crippen LogP contribution in [0.1, 0.15) is 31.1 Å². The minimum Gasteiger partial charge on any atom is -0.478 e. The Morgan fingerprint density at radius 1 is 1.00 bits per heavy atom. The van der Waals surface area contributed by atoms with Gasteiger partial charge in [-0.15, -0.1) is 0 Å². The summed E-state index contributed by atoms with van der Waals surface area (Å²) in [6, 6.07) is 12.5. The van der Waals surface area contributed by atoms with Gasteiger partial charge < -0.3 is 15.2 Å². The fourth-order valence-corrected chi connectivity index (χ4v) is 1.94. The van der Waals surface area contributed by atoms with E-state index >= 15 is 0 Å². The molecule has 0 aliphatic rings. The van der Waals surface area contributed by atoms with Crippen LogP contribution in [-0.2, 0) is 4.74 Å². The van der Waals surface area contributed by atoms with E-state index in [0.29, 0.717) is 5.56 Å². The third-order valence-corrected chi connectivity index (χ3v) is 2.97. The first-order valence-corrected chi connectivity index (χ1v) is 6.35. The van der Waals surface area contributed by atoms with Crippen molar-refractivity contribution in [3.63, 3.8) is 0 Å². The Balaban J connectivity index is 2.43. The zero-order chi connectivity index (χ0) is 16.1. The molecule has 0 heterocycles. The molecule has 0 spiro atoms. The minimum atomic E-state index is -1.28. The van der Waals surface area contributed by atoms with Gasteiger partial charge in [-0.05, 0) is 24.3 Å². The first kappa shape index (κ1) is 15.2. The van der Waals surface area contributed by atoms with Crippen molar-refractivity contribution < 1.29 is 24.2 Å². The van der Waals surface area contributed by atoms with Crippen molar-refractivity contribution in [1.82, 2.24) is 0 Å². The third kappa shape index (κ3) is 3.12. The van der Waals surface area contributed by atoms with E-state index in [4.69, 9.17) is 5.11 Å². The van der Waals surface area contributed by atoms with Crippen molar-refractivity contribution in [2.45, 2.75) is 0 Å². The zero-order valence-electron chi connectivity index (χ0n) is 11.7. The molecule has 2 rings (SSSR count). The molecule has 0 aromatic heterocycles. The molecule has 0 bridgehead atoms. The van der Waals surface area contributed by atoms with Gasteiger partial charge in [-0.25, -0.2) is 9.59 Å². The molecule has 0 saturated heterocycles. The molecule has 2 aromatic carbocycles. The summed E-state index contributed by atoms with van der Waals surface area (Å²) in [7, 11) is 1.14. The van der Waals surface area contributed by atoms with Crippen LogP contribution >= 0.6 is 0 Å². The number of amides is 1. The summed E-state index contributed by atoms with van der Waals surface area (Å²) in [6.45, 7) is 0. The van der Waals surface area contributed by atoms with E-state index in [2.05, 4.69) is 10.1 Å². The van der Waals surface area contributed by atoms with Crippen LogP contribution in [0, 0.1) is 0 Å². The second kappa shape index (κ2) is 6.53. The van der Waals surface area contributed by atoms with E-state index in [9.17, 15) is 14.4 Å². The first-order valence-electron chi connectivity index (χ1n) is 6.35. The molecule has 22 heavy (non-hydrogen) atoms. The maximum Gasteiger partial charge on any atom is 0.340 e. The number of methoxy groups -OCH3 is 1. The van der Waals surface area contributed by atoms with Crippen LogP contribution in [0.5, 0.6) is 0 Å². The van der Waals surface area contributed by atoms with E-state index in [1.165, 1.54) is 18.2 Å². The minimum absolute atomic E-state index is 0.0839. The van der Waals surface area contributed by atoms with Gasteiger partial charge in [0.05, 0.1) is 23.9 Å². The summed E-state index contributed by atoms with van der Waals surface area (Å²) < 4.78 is 4.60. The van der Waals surface area contributed by atoms with E-state index in [0.717, 1.165) is 7.11 Å². The van der Waals surface area contributed by atoms with E-state index < -0.39 is 17.8 Å². The number of carboxylic acids is 1. The topological polar surface area (TPSA) is 92.7 Å². The van der Waals surface area contributed by atoms with E-state index in [1.54, 1.807) is 30.3 Å². The number of carbonyl (C=O) groups excluding carboxylic acids is 2. The Morgan fingerprint density at radius 3 is 2.27 bits per heavy atom. The van der Waals surface area contributed by atoms with Crippen LogP contribution < -0.4 is 5.32 Å². The first-order chi connectivity index (χ1) is 10.5. The Labute approximate surface area is 126 Å². The van der Waals surface area contributed by atoms with Gasteiger partial charge in [-0.3, -0.25) is 4.79 Å². The summed E-state index contributed by atoms with van der Waals surface area (Å²) >= 11 is 0. The van der Waals surface area contributed by atoms with E-state index in [1.807, 2.05) is 0 Å². The van der Waals surface area contributed by atoms with E-state index in [-0.39, 0.29) is 16.8 Å². The monoisotopic (exact) mass is 299 g/mol. The number of carboxylic acid groups (broad SMARTS) is 1. The number of carbonyl (C=O) groups is 3. The number of nitrogens with one attached hydrogen (secondary N) is 1. The second-order valence-corrected chi connectivity index (χ2v) is 4.35. The van der Waals surface area contributed by atoms with Gasteiger partial charge in [-0.2, -0.15) is 0 Å². The number of aromatic carboxylic acids is 1.